The number of hydrogen-bond donors (Lipinski definition) is 0. The number of carbonyl (C=O) groups excluding carboxylic acids is 1. The van der Waals surface area contributed by atoms with Crippen LogP contribution in [0.1, 0.15) is 55.1 Å². The van der Waals surface area contributed by atoms with Gasteiger partial charge in [0.25, 0.3) is 0 Å². The summed E-state index contributed by atoms with van der Waals surface area (Å²) in [7, 11) is 0. The van der Waals surface area contributed by atoms with Crippen molar-refractivity contribution in [1.29, 1.82) is 0 Å². The molecule has 0 aliphatic rings. The molecule has 0 saturated carbocycles. The largest absolute Gasteiger partial charge is 0.423 e. The molecule has 0 N–H and O–H groups in total. The van der Waals surface area contributed by atoms with Crippen LogP contribution < -0.4 is 4.74 Å². The van der Waals surface area contributed by atoms with Gasteiger partial charge in [-0.25, -0.2) is 14.8 Å². The highest BCUT2D eigenvalue weighted by molar-refractivity contribution is 5.91. The van der Waals surface area contributed by atoms with Crippen molar-refractivity contribution in [2.45, 2.75) is 46.5 Å². The summed E-state index contributed by atoms with van der Waals surface area (Å²) in [6, 6.07) is 15.0. The first kappa shape index (κ1) is 20.7. The molecule has 0 unspecified atom stereocenters. The van der Waals surface area contributed by atoms with Crippen LogP contribution in [0.15, 0.2) is 60.9 Å². The number of rotatable bonds is 8. The van der Waals surface area contributed by atoms with Crippen LogP contribution in [0.4, 0.5) is 0 Å². The van der Waals surface area contributed by atoms with Crippen LogP contribution in [0, 0.1) is 5.92 Å². The van der Waals surface area contributed by atoms with Crippen LogP contribution in [0.5, 0.6) is 5.75 Å². The molecule has 1 atom stereocenters. The zero-order valence-electron chi connectivity index (χ0n) is 17.4. The summed E-state index contributed by atoms with van der Waals surface area (Å²) in [4.78, 5) is 21.3. The van der Waals surface area contributed by atoms with Gasteiger partial charge in [-0.05, 0) is 66.3 Å². The molecule has 0 saturated heterocycles. The third-order valence-corrected chi connectivity index (χ3v) is 5.04. The van der Waals surface area contributed by atoms with Crippen LogP contribution in [0.3, 0.4) is 0 Å². The van der Waals surface area contributed by atoms with Crippen molar-refractivity contribution in [1.82, 2.24) is 9.97 Å². The first-order valence-corrected chi connectivity index (χ1v) is 10.3. The molecule has 0 amide bonds. The van der Waals surface area contributed by atoms with E-state index in [2.05, 4.69) is 30.7 Å². The molecule has 0 fully saturated rings. The standard InChI is InChI=1S/C25H28N2O2/c1-4-6-20-16-26-24(27-17-20)21-11-13-23(14-12-21)29-25(28)22-9-7-19(8-10-22)15-18(3)5-2/h7-14,16-18H,4-6,15H2,1-3H3/t18-/m0/s1. The Bertz CT molecular complexity index is 917. The quantitative estimate of drug-likeness (QED) is 0.356. The van der Waals surface area contributed by atoms with Gasteiger partial charge < -0.3 is 4.74 Å². The van der Waals surface area contributed by atoms with Gasteiger partial charge in [-0.3, -0.25) is 0 Å². The summed E-state index contributed by atoms with van der Waals surface area (Å²) in [5.74, 6) is 1.45. The van der Waals surface area contributed by atoms with Crippen LogP contribution in [0.2, 0.25) is 0 Å². The van der Waals surface area contributed by atoms with Crippen molar-refractivity contribution < 1.29 is 9.53 Å². The number of ether oxygens (including phenoxy) is 1. The zero-order valence-corrected chi connectivity index (χ0v) is 17.4. The summed E-state index contributed by atoms with van der Waals surface area (Å²) < 4.78 is 5.50. The van der Waals surface area contributed by atoms with Gasteiger partial charge in [0.1, 0.15) is 5.75 Å². The number of carbonyl (C=O) groups is 1. The molecule has 1 aromatic heterocycles. The first-order valence-electron chi connectivity index (χ1n) is 10.3. The first-order chi connectivity index (χ1) is 14.1. The summed E-state index contributed by atoms with van der Waals surface area (Å²) in [5, 5.41) is 0. The van der Waals surface area contributed by atoms with Crippen molar-refractivity contribution in [2.24, 2.45) is 5.92 Å². The normalized spacial score (nSPS) is 11.8. The highest BCUT2D eigenvalue weighted by Crippen LogP contribution is 2.21. The Morgan fingerprint density at radius 2 is 1.59 bits per heavy atom. The molecule has 4 heteroatoms. The Morgan fingerprint density at radius 3 is 2.17 bits per heavy atom. The lowest BCUT2D eigenvalue weighted by molar-refractivity contribution is 0.0735. The van der Waals surface area contributed by atoms with E-state index in [1.807, 2.05) is 48.8 Å². The predicted molar refractivity (Wildman–Crippen MR) is 116 cm³/mol. The fourth-order valence-corrected chi connectivity index (χ4v) is 3.08. The predicted octanol–water partition coefficient (Wildman–Crippen LogP) is 5.90. The van der Waals surface area contributed by atoms with E-state index in [9.17, 15) is 4.79 Å². The average Bonchev–Trinajstić information content (AvgIpc) is 2.75. The minimum Gasteiger partial charge on any atom is -0.423 e. The number of benzene rings is 2. The maximum Gasteiger partial charge on any atom is 0.343 e. The molecule has 3 rings (SSSR count). The van der Waals surface area contributed by atoms with E-state index in [1.165, 1.54) is 5.56 Å². The summed E-state index contributed by atoms with van der Waals surface area (Å²) in [6.07, 6.45) is 7.95. The van der Waals surface area contributed by atoms with Gasteiger partial charge in [-0.2, -0.15) is 0 Å². The molecule has 0 radical (unpaired) electrons. The van der Waals surface area contributed by atoms with Gasteiger partial charge in [0.15, 0.2) is 5.82 Å². The van der Waals surface area contributed by atoms with Crippen molar-refractivity contribution in [3.8, 4) is 17.1 Å². The molecule has 0 aliphatic heterocycles. The minimum absolute atomic E-state index is 0.354. The van der Waals surface area contributed by atoms with Gasteiger partial charge >= 0.3 is 5.97 Å². The SMILES string of the molecule is CCCc1cnc(-c2ccc(OC(=O)c3ccc(C[C@@H](C)CC)cc3)cc2)nc1. The molecular weight excluding hydrogens is 360 g/mol. The molecule has 0 bridgehead atoms. The Balaban J connectivity index is 1.62. The molecule has 29 heavy (non-hydrogen) atoms. The minimum atomic E-state index is -0.354. The van der Waals surface area contributed by atoms with E-state index >= 15 is 0 Å². The molecule has 150 valence electrons. The monoisotopic (exact) mass is 388 g/mol. The van der Waals surface area contributed by atoms with Crippen molar-refractivity contribution in [3.05, 3.63) is 77.6 Å². The Kier molecular flexibility index (Phi) is 7.12. The summed E-state index contributed by atoms with van der Waals surface area (Å²) in [6.45, 7) is 6.56. The molecule has 3 aromatic rings. The average molecular weight is 389 g/mol. The fourth-order valence-electron chi connectivity index (χ4n) is 3.08. The van der Waals surface area contributed by atoms with Gasteiger partial charge in [0, 0.05) is 18.0 Å². The Hall–Kier alpha value is -3.01. The van der Waals surface area contributed by atoms with E-state index in [0.717, 1.165) is 36.8 Å². The number of esters is 1. The molecule has 1 heterocycles. The highest BCUT2D eigenvalue weighted by atomic mass is 16.5. The maximum atomic E-state index is 12.4. The van der Waals surface area contributed by atoms with Crippen molar-refractivity contribution in [3.63, 3.8) is 0 Å². The lowest BCUT2D eigenvalue weighted by Crippen LogP contribution is -2.08. The summed E-state index contributed by atoms with van der Waals surface area (Å²) >= 11 is 0. The van der Waals surface area contributed by atoms with Gasteiger partial charge in [0.2, 0.25) is 0 Å². The van der Waals surface area contributed by atoms with Gasteiger partial charge in [-0.1, -0.05) is 45.7 Å². The van der Waals surface area contributed by atoms with E-state index in [1.54, 1.807) is 12.1 Å². The van der Waals surface area contributed by atoms with Crippen LogP contribution in [-0.4, -0.2) is 15.9 Å². The molecule has 0 spiro atoms. The van der Waals surface area contributed by atoms with Crippen LogP contribution >= 0.6 is 0 Å². The molecule has 4 nitrogen and oxygen atoms in total. The lowest BCUT2D eigenvalue weighted by Gasteiger charge is -2.09. The third kappa shape index (κ3) is 5.74. The lowest BCUT2D eigenvalue weighted by atomic mass is 9.98. The second kappa shape index (κ2) is 9.97. The van der Waals surface area contributed by atoms with Gasteiger partial charge in [-0.15, -0.1) is 0 Å². The second-order valence-corrected chi connectivity index (χ2v) is 7.49. The number of nitrogens with zero attached hydrogens (tertiary/aromatic N) is 2. The Labute approximate surface area is 173 Å². The van der Waals surface area contributed by atoms with Crippen molar-refractivity contribution >= 4 is 5.97 Å². The van der Waals surface area contributed by atoms with Crippen LogP contribution in [0.25, 0.3) is 11.4 Å². The van der Waals surface area contributed by atoms with E-state index in [0.29, 0.717) is 23.1 Å². The summed E-state index contributed by atoms with van der Waals surface area (Å²) in [5.41, 5.74) is 3.82. The smallest absolute Gasteiger partial charge is 0.343 e. The second-order valence-electron chi connectivity index (χ2n) is 7.49. The van der Waals surface area contributed by atoms with E-state index in [4.69, 9.17) is 4.74 Å². The number of aryl methyl sites for hydroxylation is 1. The fraction of sp³-hybridized carbons (Fsp3) is 0.320. The topological polar surface area (TPSA) is 52.1 Å². The zero-order chi connectivity index (χ0) is 20.6. The number of aromatic nitrogens is 2. The molecule has 0 aliphatic carbocycles. The molecular formula is C25H28N2O2. The van der Waals surface area contributed by atoms with Crippen LogP contribution in [-0.2, 0) is 12.8 Å². The third-order valence-electron chi connectivity index (χ3n) is 5.04. The van der Waals surface area contributed by atoms with Crippen molar-refractivity contribution in [2.75, 3.05) is 0 Å². The number of hydrogen-bond acceptors (Lipinski definition) is 4. The molecule has 2 aromatic carbocycles. The van der Waals surface area contributed by atoms with E-state index in [-0.39, 0.29) is 5.97 Å². The Morgan fingerprint density at radius 1 is 0.931 bits per heavy atom. The maximum absolute atomic E-state index is 12.4. The van der Waals surface area contributed by atoms with E-state index < -0.39 is 0 Å². The highest BCUT2D eigenvalue weighted by Gasteiger charge is 2.10. The van der Waals surface area contributed by atoms with Gasteiger partial charge in [0.05, 0.1) is 5.56 Å².